The lowest BCUT2D eigenvalue weighted by atomic mass is 9.72. The molecule has 2 nitrogen and oxygen atoms in total. The van der Waals surface area contributed by atoms with E-state index in [4.69, 9.17) is 0 Å². The van der Waals surface area contributed by atoms with Crippen LogP contribution in [0.15, 0.2) is 41.5 Å². The summed E-state index contributed by atoms with van der Waals surface area (Å²) in [5, 5.41) is 19.7. The third-order valence-corrected chi connectivity index (χ3v) is 5.18. The van der Waals surface area contributed by atoms with Crippen LogP contribution in [0.3, 0.4) is 0 Å². The molecule has 0 bridgehead atoms. The van der Waals surface area contributed by atoms with Crippen LogP contribution in [0, 0.1) is 22.2 Å². The highest BCUT2D eigenvalue weighted by Crippen LogP contribution is 2.41. The second-order valence-corrected chi connectivity index (χ2v) is 8.17. The zero-order valence-corrected chi connectivity index (χ0v) is 15.6. The quantitative estimate of drug-likeness (QED) is 0.760. The molecule has 1 unspecified atom stereocenters. The molecule has 0 radical (unpaired) electrons. The topological polar surface area (TPSA) is 44.0 Å². The van der Waals surface area contributed by atoms with Gasteiger partial charge in [0.1, 0.15) is 0 Å². The van der Waals surface area contributed by atoms with Crippen molar-refractivity contribution in [2.45, 2.75) is 60.0 Å². The number of nitriles is 1. The van der Waals surface area contributed by atoms with Gasteiger partial charge in [-0.05, 0) is 68.2 Å². The van der Waals surface area contributed by atoms with E-state index in [1.165, 1.54) is 30.4 Å². The van der Waals surface area contributed by atoms with Gasteiger partial charge in [0.2, 0.25) is 0 Å². The van der Waals surface area contributed by atoms with Crippen LogP contribution >= 0.6 is 0 Å². The molecule has 24 heavy (non-hydrogen) atoms. The second kappa shape index (κ2) is 6.95. The zero-order chi connectivity index (χ0) is 18.0. The van der Waals surface area contributed by atoms with Gasteiger partial charge in [0, 0.05) is 0 Å². The van der Waals surface area contributed by atoms with Gasteiger partial charge >= 0.3 is 0 Å². The maximum atomic E-state index is 10.5. The summed E-state index contributed by atoms with van der Waals surface area (Å²) < 4.78 is 0. The molecule has 1 aliphatic carbocycles. The highest BCUT2D eigenvalue weighted by Gasteiger charge is 2.29. The van der Waals surface area contributed by atoms with Gasteiger partial charge in [-0.25, -0.2) is 0 Å². The minimum absolute atomic E-state index is 0.221. The van der Waals surface area contributed by atoms with E-state index in [1.54, 1.807) is 13.8 Å². The number of nitrogens with zero attached hydrogens (tertiary/aromatic N) is 1. The molecule has 0 aromatic heterocycles. The van der Waals surface area contributed by atoms with Crippen molar-refractivity contribution in [2.75, 3.05) is 0 Å². The van der Waals surface area contributed by atoms with Crippen molar-refractivity contribution in [1.29, 1.82) is 5.26 Å². The lowest BCUT2D eigenvalue weighted by Gasteiger charge is -2.33. The second-order valence-electron chi connectivity index (χ2n) is 8.17. The fraction of sp³-hybridized carbons (Fsp3) is 0.500. The number of hydrogen-bond donors (Lipinski definition) is 1. The molecule has 1 atom stereocenters. The summed E-state index contributed by atoms with van der Waals surface area (Å²) >= 11 is 0. The van der Waals surface area contributed by atoms with Crippen LogP contribution in [-0.2, 0) is 0 Å². The average molecular weight is 323 g/mol. The number of rotatable bonds is 4. The molecule has 0 saturated carbocycles. The van der Waals surface area contributed by atoms with E-state index in [0.29, 0.717) is 0 Å². The Morgan fingerprint density at radius 3 is 2.62 bits per heavy atom. The molecule has 0 spiro atoms. The van der Waals surface area contributed by atoms with Gasteiger partial charge in [-0.2, -0.15) is 5.26 Å². The predicted octanol–water partition coefficient (Wildman–Crippen LogP) is 5.81. The van der Waals surface area contributed by atoms with Gasteiger partial charge in [-0.3, -0.25) is 0 Å². The molecule has 1 aromatic rings. The normalized spacial score (nSPS) is 19.4. The number of aliphatic hydroxyl groups is 1. The van der Waals surface area contributed by atoms with Crippen molar-refractivity contribution in [3.05, 3.63) is 52.6 Å². The Morgan fingerprint density at radius 1 is 1.29 bits per heavy atom. The standard InChI is InChI=1S/C22H29NO/c1-16-8-7-13-21(2,3)19(16)12-11-17-9-6-10-18(14-17)20(24)22(4,5)15-23/h6,9-12,14,20,24H,7-8,13H2,1-5H3. The fourth-order valence-electron chi connectivity index (χ4n) is 3.50. The zero-order valence-electron chi connectivity index (χ0n) is 15.6. The van der Waals surface area contributed by atoms with Crippen molar-refractivity contribution < 1.29 is 5.11 Å². The minimum atomic E-state index is -0.799. The highest BCUT2D eigenvalue weighted by atomic mass is 16.3. The van der Waals surface area contributed by atoms with Crippen LogP contribution in [0.2, 0.25) is 0 Å². The van der Waals surface area contributed by atoms with Crippen molar-refractivity contribution in [3.8, 4) is 6.07 Å². The Morgan fingerprint density at radius 2 is 2.00 bits per heavy atom. The fourth-order valence-corrected chi connectivity index (χ4v) is 3.50. The summed E-state index contributed by atoms with van der Waals surface area (Å²) in [5.74, 6) is 0. The van der Waals surface area contributed by atoms with E-state index >= 15 is 0 Å². The van der Waals surface area contributed by atoms with Gasteiger partial charge in [0.25, 0.3) is 0 Å². The smallest absolute Gasteiger partial charge is 0.0971 e. The van der Waals surface area contributed by atoms with Gasteiger partial charge in [-0.15, -0.1) is 0 Å². The number of allylic oxidation sites excluding steroid dienone is 3. The minimum Gasteiger partial charge on any atom is -0.387 e. The predicted molar refractivity (Wildman–Crippen MR) is 100 cm³/mol. The largest absolute Gasteiger partial charge is 0.387 e. The summed E-state index contributed by atoms with van der Waals surface area (Å²) in [7, 11) is 0. The first-order valence-electron chi connectivity index (χ1n) is 8.75. The van der Waals surface area contributed by atoms with Gasteiger partial charge < -0.3 is 5.11 Å². The van der Waals surface area contributed by atoms with Gasteiger partial charge in [0.15, 0.2) is 0 Å². The molecule has 0 aliphatic heterocycles. The average Bonchev–Trinajstić information content (AvgIpc) is 2.53. The molecule has 2 heteroatoms. The van der Waals surface area contributed by atoms with Crippen LogP contribution in [0.25, 0.3) is 6.08 Å². The molecular formula is C22H29NO. The number of benzene rings is 1. The highest BCUT2D eigenvalue weighted by molar-refractivity contribution is 5.56. The molecule has 1 N–H and O–H groups in total. The van der Waals surface area contributed by atoms with Gasteiger partial charge in [0.05, 0.1) is 17.6 Å². The summed E-state index contributed by atoms with van der Waals surface area (Å²) in [4.78, 5) is 0. The summed E-state index contributed by atoms with van der Waals surface area (Å²) in [5.41, 5.74) is 4.17. The SMILES string of the molecule is CC1=C(C=Cc2cccc(C(O)C(C)(C)C#N)c2)C(C)(C)CCC1. The van der Waals surface area contributed by atoms with Crippen molar-refractivity contribution in [3.63, 3.8) is 0 Å². The molecule has 1 aromatic carbocycles. The van der Waals surface area contributed by atoms with E-state index in [2.05, 4.69) is 39.0 Å². The molecule has 1 aliphatic rings. The molecular weight excluding hydrogens is 294 g/mol. The van der Waals surface area contributed by atoms with Crippen LogP contribution in [-0.4, -0.2) is 5.11 Å². The van der Waals surface area contributed by atoms with E-state index in [1.807, 2.05) is 24.3 Å². The van der Waals surface area contributed by atoms with Crippen LogP contribution in [0.1, 0.15) is 71.1 Å². The van der Waals surface area contributed by atoms with Crippen molar-refractivity contribution in [2.24, 2.45) is 10.8 Å². The van der Waals surface area contributed by atoms with Crippen LogP contribution in [0.4, 0.5) is 0 Å². The van der Waals surface area contributed by atoms with Crippen molar-refractivity contribution in [1.82, 2.24) is 0 Å². The van der Waals surface area contributed by atoms with E-state index in [9.17, 15) is 10.4 Å². The number of hydrogen-bond acceptors (Lipinski definition) is 2. The Kier molecular flexibility index (Phi) is 5.35. The maximum Gasteiger partial charge on any atom is 0.0971 e. The third kappa shape index (κ3) is 3.97. The monoisotopic (exact) mass is 323 g/mol. The summed E-state index contributed by atoms with van der Waals surface area (Å²) in [6.45, 7) is 10.4. The molecule has 0 heterocycles. The summed E-state index contributed by atoms with van der Waals surface area (Å²) in [6.07, 6.45) is 7.23. The Balaban J connectivity index is 2.29. The molecule has 0 saturated heterocycles. The van der Waals surface area contributed by atoms with Crippen LogP contribution in [0.5, 0.6) is 0 Å². The maximum absolute atomic E-state index is 10.5. The molecule has 0 fully saturated rings. The first-order chi connectivity index (χ1) is 11.2. The van der Waals surface area contributed by atoms with E-state index in [0.717, 1.165) is 11.1 Å². The molecule has 2 rings (SSSR count). The first kappa shape index (κ1) is 18.5. The van der Waals surface area contributed by atoms with Crippen molar-refractivity contribution >= 4 is 6.08 Å². The molecule has 128 valence electrons. The molecule has 0 amide bonds. The Labute approximate surface area is 146 Å². The number of aliphatic hydroxyl groups excluding tert-OH is 1. The van der Waals surface area contributed by atoms with E-state index in [-0.39, 0.29) is 5.41 Å². The Bertz CT molecular complexity index is 701. The summed E-state index contributed by atoms with van der Waals surface area (Å²) in [6, 6.07) is 10.0. The van der Waals surface area contributed by atoms with E-state index < -0.39 is 11.5 Å². The lowest BCUT2D eigenvalue weighted by molar-refractivity contribution is 0.0868. The Hall–Kier alpha value is -1.85. The van der Waals surface area contributed by atoms with Gasteiger partial charge in [-0.1, -0.05) is 49.8 Å². The lowest BCUT2D eigenvalue weighted by Crippen LogP contribution is -2.19. The first-order valence-corrected chi connectivity index (χ1v) is 8.75. The van der Waals surface area contributed by atoms with Crippen LogP contribution < -0.4 is 0 Å². The third-order valence-electron chi connectivity index (χ3n) is 5.18.